The smallest absolute Gasteiger partial charge is 0.310 e. The van der Waals surface area contributed by atoms with E-state index < -0.39 is 17.2 Å². The lowest BCUT2D eigenvalue weighted by Gasteiger charge is -2.33. The van der Waals surface area contributed by atoms with Gasteiger partial charge in [-0.25, -0.2) is 0 Å². The molecule has 0 saturated carbocycles. The third-order valence-corrected chi connectivity index (χ3v) is 6.45. The molecule has 0 radical (unpaired) electrons. The van der Waals surface area contributed by atoms with Crippen LogP contribution in [0.4, 0.5) is 0 Å². The van der Waals surface area contributed by atoms with Gasteiger partial charge in [0.05, 0.1) is 11.4 Å². The zero-order valence-corrected chi connectivity index (χ0v) is 19.6. The Kier molecular flexibility index (Phi) is 6.60. The molecule has 0 aliphatic rings. The number of carbonyl (C=O) groups excluding carboxylic acids is 1. The van der Waals surface area contributed by atoms with Crippen molar-refractivity contribution in [1.82, 2.24) is 9.79 Å². The number of aliphatic carboxylic acids is 1. The molecule has 0 bridgehead atoms. The van der Waals surface area contributed by atoms with Crippen molar-refractivity contribution in [3.63, 3.8) is 0 Å². The van der Waals surface area contributed by atoms with Crippen LogP contribution in [0.2, 0.25) is 0 Å². The first kappa shape index (κ1) is 24.5. The number of carbonyl (C=O) groups is 2. The number of aromatic hydroxyl groups is 1. The molecule has 7 nitrogen and oxygen atoms in total. The highest BCUT2D eigenvalue weighted by Gasteiger charge is 2.36. The highest BCUT2D eigenvalue weighted by molar-refractivity contribution is 6.63. The van der Waals surface area contributed by atoms with Crippen LogP contribution in [0.15, 0.2) is 0 Å². The van der Waals surface area contributed by atoms with Crippen molar-refractivity contribution in [3.8, 4) is 22.9 Å². The molecule has 0 aliphatic carbocycles. The van der Waals surface area contributed by atoms with E-state index in [1.54, 1.807) is 15.7 Å². The van der Waals surface area contributed by atoms with Crippen LogP contribution < -0.4 is 32.9 Å². The fourth-order valence-electron chi connectivity index (χ4n) is 3.80. The van der Waals surface area contributed by atoms with Crippen LogP contribution in [0, 0.1) is 11.3 Å². The lowest BCUT2D eigenvalue weighted by atomic mass is 9.59. The highest BCUT2D eigenvalue weighted by atomic mass is 16.4. The van der Waals surface area contributed by atoms with E-state index in [9.17, 15) is 25.1 Å². The summed E-state index contributed by atoms with van der Waals surface area (Å²) in [7, 11) is 15.3. The van der Waals surface area contributed by atoms with Gasteiger partial charge in [-0.3, -0.25) is 14.6 Å². The quantitative estimate of drug-likeness (QED) is 0.490. The molecular formula is C15H20B9N3O4. The van der Waals surface area contributed by atoms with E-state index in [4.69, 9.17) is 0 Å². The molecule has 1 heterocycles. The topological polar surface area (TPSA) is 115 Å². The summed E-state index contributed by atoms with van der Waals surface area (Å²) in [6, 6.07) is 2.27. The van der Waals surface area contributed by atoms with Crippen molar-refractivity contribution in [1.29, 1.82) is 5.26 Å². The second-order valence-electron chi connectivity index (χ2n) is 8.48. The van der Waals surface area contributed by atoms with Crippen LogP contribution in [-0.4, -0.2) is 108 Å². The number of hydrogen-bond donors (Lipinski definition) is 2. The third kappa shape index (κ3) is 3.82. The molecule has 1 aromatic heterocycles. The predicted molar refractivity (Wildman–Crippen MR) is 147 cm³/mol. The van der Waals surface area contributed by atoms with Crippen molar-refractivity contribution in [2.75, 3.05) is 0 Å². The molecule has 0 atom stereocenters. The molecular weight excluding hydrogens is 383 g/mol. The Bertz CT molecular complexity index is 1180. The molecule has 0 fully saturated rings. The molecule has 0 spiro atoms. The van der Waals surface area contributed by atoms with Crippen molar-refractivity contribution in [2.45, 2.75) is 5.34 Å². The van der Waals surface area contributed by atoms with Gasteiger partial charge in [-0.1, -0.05) is 21.9 Å². The number of aromatic nitrogens is 1. The molecule has 0 aliphatic heterocycles. The highest BCUT2D eigenvalue weighted by Crippen LogP contribution is 2.20. The standard InChI is InChI=1S/C15H20B9N3O4/c16-5-2(1-25)6(17)9(20)7(18)3(5)4-8(19)11(28)10(26-12(4)21)13(29)27(24)15(22,23)14(30)31/h28H,16-24H2,(H,30,31). The first-order chi connectivity index (χ1) is 14.2. The molecule has 16 heteroatoms. The van der Waals surface area contributed by atoms with E-state index in [0.717, 1.165) is 32.2 Å². The van der Waals surface area contributed by atoms with Crippen molar-refractivity contribution in [3.05, 3.63) is 11.3 Å². The molecule has 2 aromatic rings. The molecule has 2 N–H and O–H groups in total. The maximum absolute atomic E-state index is 13.0. The van der Waals surface area contributed by atoms with E-state index in [1.165, 1.54) is 23.7 Å². The van der Waals surface area contributed by atoms with Gasteiger partial charge in [0.15, 0.2) is 13.5 Å². The molecule has 31 heavy (non-hydrogen) atoms. The third-order valence-electron chi connectivity index (χ3n) is 6.45. The van der Waals surface area contributed by atoms with Gasteiger partial charge >= 0.3 is 5.97 Å². The lowest BCUT2D eigenvalue weighted by molar-refractivity contribution is -0.139. The summed E-state index contributed by atoms with van der Waals surface area (Å²) in [6.45, 7) is 0. The SMILES string of the molecule is Bc1nc(C(=O)N(B)C(B)(B)C(=O)O)c(O)c(B)c1-c1c(B)c(B)c(B)c(C#N)c1B. The number of nitrogens with zero attached hydrogens (tertiary/aromatic N) is 3. The van der Waals surface area contributed by atoms with Crippen molar-refractivity contribution in [2.24, 2.45) is 0 Å². The molecule has 1 amide bonds. The van der Waals surface area contributed by atoms with Crippen LogP contribution in [-0.2, 0) is 4.79 Å². The van der Waals surface area contributed by atoms with Gasteiger partial charge < -0.3 is 15.0 Å². The zero-order chi connectivity index (χ0) is 24.0. The van der Waals surface area contributed by atoms with Gasteiger partial charge in [0.1, 0.15) is 60.7 Å². The monoisotopic (exact) mass is 405 g/mol. The van der Waals surface area contributed by atoms with Crippen molar-refractivity contribution < 1.29 is 19.8 Å². The van der Waals surface area contributed by atoms with E-state index >= 15 is 0 Å². The van der Waals surface area contributed by atoms with E-state index in [2.05, 4.69) is 11.1 Å². The predicted octanol–water partition coefficient (Wildman–Crippen LogP) is -12.1. The van der Waals surface area contributed by atoms with E-state index in [1.807, 2.05) is 31.4 Å². The summed E-state index contributed by atoms with van der Waals surface area (Å²) in [5.41, 5.74) is 6.50. The fraction of sp³-hybridized carbons (Fsp3) is 0.0667. The largest absolute Gasteiger partial charge is 0.506 e. The normalized spacial score (nSPS) is 10.9. The van der Waals surface area contributed by atoms with Gasteiger partial charge in [0.2, 0.25) is 7.98 Å². The fourth-order valence-corrected chi connectivity index (χ4v) is 3.80. The number of carboxylic acids is 1. The van der Waals surface area contributed by atoms with Crippen LogP contribution in [0.25, 0.3) is 11.1 Å². The van der Waals surface area contributed by atoms with Gasteiger partial charge in [-0.15, -0.1) is 0 Å². The Balaban J connectivity index is 2.81. The molecule has 146 valence electrons. The Labute approximate surface area is 190 Å². The number of benzene rings is 1. The average molecular weight is 404 g/mol. The summed E-state index contributed by atoms with van der Waals surface area (Å²) >= 11 is 0. The van der Waals surface area contributed by atoms with E-state index in [0.29, 0.717) is 22.2 Å². The van der Waals surface area contributed by atoms with Crippen molar-refractivity contribution >= 4 is 116 Å². The number of pyridine rings is 1. The first-order valence-electron chi connectivity index (χ1n) is 9.92. The minimum Gasteiger partial charge on any atom is -0.506 e. The molecule has 1 aromatic carbocycles. The maximum atomic E-state index is 13.0. The summed E-state index contributed by atoms with van der Waals surface area (Å²) < 4.78 is 0. The Morgan fingerprint density at radius 3 is 1.97 bits per heavy atom. The van der Waals surface area contributed by atoms with Crippen LogP contribution in [0.3, 0.4) is 0 Å². The van der Waals surface area contributed by atoms with Gasteiger partial charge in [-0.2, -0.15) is 5.26 Å². The van der Waals surface area contributed by atoms with Crippen LogP contribution in [0.1, 0.15) is 16.1 Å². The summed E-state index contributed by atoms with van der Waals surface area (Å²) in [4.78, 5) is 30.0. The minimum absolute atomic E-state index is 0.199. The van der Waals surface area contributed by atoms with Gasteiger partial charge in [-0.05, 0) is 16.6 Å². The number of amides is 1. The molecule has 0 saturated heterocycles. The molecule has 0 unspecified atom stereocenters. The Morgan fingerprint density at radius 2 is 1.48 bits per heavy atom. The van der Waals surface area contributed by atoms with Crippen LogP contribution in [0.5, 0.6) is 5.75 Å². The second-order valence-corrected chi connectivity index (χ2v) is 8.48. The average Bonchev–Trinajstić information content (AvgIpc) is 2.70. The summed E-state index contributed by atoms with van der Waals surface area (Å²) in [5, 5.41) is 28.5. The number of carboxylic acid groups (broad SMARTS) is 1. The zero-order valence-electron chi connectivity index (χ0n) is 19.6. The van der Waals surface area contributed by atoms with Gasteiger partial charge in [0.25, 0.3) is 5.91 Å². The van der Waals surface area contributed by atoms with Gasteiger partial charge in [0, 0.05) is 11.2 Å². The molecule has 2 rings (SSSR count). The summed E-state index contributed by atoms with van der Waals surface area (Å²) in [6.07, 6.45) is 0. The summed E-state index contributed by atoms with van der Waals surface area (Å²) in [5.74, 6) is -2.15. The maximum Gasteiger partial charge on any atom is 0.310 e. The Hall–Kier alpha value is -2.82. The number of hydrogen-bond acceptors (Lipinski definition) is 5. The second kappa shape index (κ2) is 8.37. The number of nitriles is 1. The minimum atomic E-state index is -1.48. The number of rotatable bonds is 4. The van der Waals surface area contributed by atoms with E-state index in [-0.39, 0.29) is 11.4 Å². The first-order valence-corrected chi connectivity index (χ1v) is 9.92. The Morgan fingerprint density at radius 1 is 0.935 bits per heavy atom. The lowest BCUT2D eigenvalue weighted by Crippen LogP contribution is -2.57. The van der Waals surface area contributed by atoms with Crippen LogP contribution >= 0.6 is 0 Å².